The van der Waals surface area contributed by atoms with Gasteiger partial charge in [-0.15, -0.1) is 0 Å². The Kier molecular flexibility index (Phi) is 7.40. The Hall–Kier alpha value is -4.24. The van der Waals surface area contributed by atoms with Crippen molar-refractivity contribution in [1.82, 2.24) is 0 Å². The number of rotatable bonds is 2. The first-order valence-corrected chi connectivity index (χ1v) is 19.1. The highest BCUT2D eigenvalue weighted by molar-refractivity contribution is 7.00. The third kappa shape index (κ3) is 5.63. The van der Waals surface area contributed by atoms with Crippen LogP contribution in [-0.2, 0) is 29.1 Å². The molecular formula is C48H55BN2. The van der Waals surface area contributed by atoms with Crippen LogP contribution < -0.4 is 26.2 Å². The third-order valence-corrected chi connectivity index (χ3v) is 11.7. The van der Waals surface area contributed by atoms with Gasteiger partial charge < -0.3 is 9.80 Å². The molecule has 5 aromatic rings. The largest absolute Gasteiger partial charge is 0.311 e. The quantitative estimate of drug-likeness (QED) is 0.169. The highest BCUT2D eigenvalue weighted by Gasteiger charge is 2.45. The van der Waals surface area contributed by atoms with Gasteiger partial charge >= 0.3 is 0 Å². The summed E-state index contributed by atoms with van der Waals surface area (Å²) in [4.78, 5) is 5.15. The first kappa shape index (κ1) is 33.9. The van der Waals surface area contributed by atoms with Gasteiger partial charge in [0.25, 0.3) is 6.71 Å². The fraction of sp³-hybridized carbons (Fsp3) is 0.375. The zero-order chi connectivity index (χ0) is 36.4. The van der Waals surface area contributed by atoms with E-state index in [9.17, 15) is 0 Å². The summed E-state index contributed by atoms with van der Waals surface area (Å²) in [5, 5.41) is 0. The van der Waals surface area contributed by atoms with E-state index in [1.165, 1.54) is 83.9 Å². The molecule has 0 bridgehead atoms. The summed E-state index contributed by atoms with van der Waals surface area (Å²) in [5.41, 5.74) is 20.8. The number of fused-ring (bicyclic) bond motifs is 5. The summed E-state index contributed by atoms with van der Waals surface area (Å²) in [6, 6.07) is 36.1. The van der Waals surface area contributed by atoms with E-state index in [1.807, 2.05) is 0 Å². The number of hydrogen-bond donors (Lipinski definition) is 0. The number of hydrogen-bond acceptors (Lipinski definition) is 2. The van der Waals surface area contributed by atoms with Crippen molar-refractivity contribution in [3.8, 4) is 0 Å². The van der Waals surface area contributed by atoms with Gasteiger partial charge in [0.1, 0.15) is 0 Å². The molecule has 0 saturated carbocycles. The molecule has 3 heteroatoms. The summed E-state index contributed by atoms with van der Waals surface area (Å²) < 4.78 is 0. The smallest absolute Gasteiger partial charge is 0.252 e. The highest BCUT2D eigenvalue weighted by Crippen LogP contribution is 2.47. The Morgan fingerprint density at radius 2 is 0.922 bits per heavy atom. The predicted molar refractivity (Wildman–Crippen MR) is 222 cm³/mol. The van der Waals surface area contributed by atoms with Gasteiger partial charge in [-0.3, -0.25) is 0 Å². The molecule has 1 aliphatic carbocycles. The molecule has 3 aliphatic rings. The standard InChI is InChI=1S/C48H55BN2/c1-30-23-42-44-43(24-30)51(37-20-15-34(16-21-37)46(5,6)7)41-26-32-29-48(11,12)28-31(32)25-38(41)49(44)39-27-35(47(8,9)10)17-22-40(39)50(42)36-18-13-33(14-19-36)45(2,3)4/h13-27H,28-29H2,1-12H3. The zero-order valence-electron chi connectivity index (χ0n) is 33.0. The van der Waals surface area contributed by atoms with Crippen molar-refractivity contribution in [3.63, 3.8) is 0 Å². The summed E-state index contributed by atoms with van der Waals surface area (Å²) in [7, 11) is 0. The maximum absolute atomic E-state index is 2.61. The van der Waals surface area contributed by atoms with E-state index in [0.717, 1.165) is 12.8 Å². The van der Waals surface area contributed by atoms with Crippen molar-refractivity contribution in [1.29, 1.82) is 0 Å². The number of nitrogens with zero attached hydrogens (tertiary/aromatic N) is 2. The molecule has 0 fully saturated rings. The Balaban J connectivity index is 1.44. The number of aryl methyl sites for hydroxylation is 1. The van der Waals surface area contributed by atoms with Crippen LogP contribution >= 0.6 is 0 Å². The average molecular weight is 671 g/mol. The Morgan fingerprint density at radius 1 is 0.490 bits per heavy atom. The molecular weight excluding hydrogens is 615 g/mol. The molecule has 0 amide bonds. The normalized spacial score (nSPS) is 16.1. The van der Waals surface area contributed by atoms with Crippen LogP contribution in [0.1, 0.15) is 110 Å². The van der Waals surface area contributed by atoms with Gasteiger partial charge in [-0.1, -0.05) is 119 Å². The van der Waals surface area contributed by atoms with Gasteiger partial charge in [-0.2, -0.15) is 0 Å². The van der Waals surface area contributed by atoms with Crippen molar-refractivity contribution >= 4 is 57.2 Å². The summed E-state index contributed by atoms with van der Waals surface area (Å²) >= 11 is 0. The highest BCUT2D eigenvalue weighted by atomic mass is 15.2. The van der Waals surface area contributed by atoms with E-state index in [-0.39, 0.29) is 28.4 Å². The van der Waals surface area contributed by atoms with Crippen LogP contribution in [0.15, 0.2) is 91.0 Å². The molecule has 0 atom stereocenters. The van der Waals surface area contributed by atoms with E-state index in [4.69, 9.17) is 0 Å². The van der Waals surface area contributed by atoms with Gasteiger partial charge in [0.2, 0.25) is 0 Å². The lowest BCUT2D eigenvalue weighted by atomic mass is 9.33. The molecule has 51 heavy (non-hydrogen) atoms. The van der Waals surface area contributed by atoms with Crippen molar-refractivity contribution in [3.05, 3.63) is 124 Å². The molecule has 0 unspecified atom stereocenters. The lowest BCUT2D eigenvalue weighted by Crippen LogP contribution is -2.61. The monoisotopic (exact) mass is 670 g/mol. The maximum Gasteiger partial charge on any atom is 0.252 e. The third-order valence-electron chi connectivity index (χ3n) is 11.7. The van der Waals surface area contributed by atoms with Crippen LogP contribution in [0.4, 0.5) is 34.1 Å². The minimum Gasteiger partial charge on any atom is -0.311 e. The summed E-state index contributed by atoms with van der Waals surface area (Å²) in [5.74, 6) is 0. The van der Waals surface area contributed by atoms with Crippen LogP contribution in [0, 0.1) is 12.3 Å². The summed E-state index contributed by atoms with van der Waals surface area (Å²) in [6.07, 6.45) is 2.24. The van der Waals surface area contributed by atoms with Gasteiger partial charge in [-0.25, -0.2) is 0 Å². The number of anilines is 6. The molecule has 2 nitrogen and oxygen atoms in total. The topological polar surface area (TPSA) is 6.48 Å². The first-order chi connectivity index (χ1) is 23.8. The van der Waals surface area contributed by atoms with Crippen LogP contribution in [0.5, 0.6) is 0 Å². The molecule has 8 rings (SSSR count). The van der Waals surface area contributed by atoms with Gasteiger partial charge in [0, 0.05) is 34.1 Å². The van der Waals surface area contributed by atoms with E-state index >= 15 is 0 Å². The van der Waals surface area contributed by atoms with Crippen molar-refractivity contribution in [2.24, 2.45) is 5.41 Å². The SMILES string of the molecule is Cc1cc2c3c(c1)N(c1ccc(C(C)(C)C)cc1)c1cc4c(cc1B3c1cc(C(C)(C)C)ccc1N2c1ccc(C(C)(C)C)cc1)CC(C)(C)C4. The Labute approximate surface area is 308 Å². The van der Waals surface area contributed by atoms with Gasteiger partial charge in [0.15, 0.2) is 0 Å². The second kappa shape index (κ2) is 11.1. The Bertz CT molecular complexity index is 2180. The van der Waals surface area contributed by atoms with Crippen LogP contribution in [-0.4, -0.2) is 6.71 Å². The van der Waals surface area contributed by atoms with E-state index < -0.39 is 0 Å². The Morgan fingerprint density at radius 3 is 1.41 bits per heavy atom. The van der Waals surface area contributed by atoms with Crippen LogP contribution in [0.3, 0.4) is 0 Å². The maximum atomic E-state index is 2.61. The predicted octanol–water partition coefficient (Wildman–Crippen LogP) is 11.1. The van der Waals surface area contributed by atoms with E-state index in [2.05, 4.69) is 184 Å². The first-order valence-electron chi connectivity index (χ1n) is 19.1. The lowest BCUT2D eigenvalue weighted by molar-refractivity contribution is 0.392. The fourth-order valence-corrected chi connectivity index (χ4v) is 8.94. The molecule has 0 saturated heterocycles. The molecule has 5 aromatic carbocycles. The van der Waals surface area contributed by atoms with Gasteiger partial charge in [0.05, 0.1) is 0 Å². The van der Waals surface area contributed by atoms with Crippen LogP contribution in [0.2, 0.25) is 0 Å². The van der Waals surface area contributed by atoms with Gasteiger partial charge in [-0.05, 0) is 140 Å². The fourth-order valence-electron chi connectivity index (χ4n) is 8.94. The lowest BCUT2D eigenvalue weighted by Gasteiger charge is -2.45. The zero-order valence-corrected chi connectivity index (χ0v) is 33.0. The average Bonchev–Trinajstić information content (AvgIpc) is 3.34. The molecule has 0 N–H and O–H groups in total. The molecule has 0 aromatic heterocycles. The second-order valence-corrected chi connectivity index (χ2v) is 19.6. The molecule has 2 aliphatic heterocycles. The van der Waals surface area contributed by atoms with E-state index in [1.54, 1.807) is 0 Å². The molecule has 2 heterocycles. The second-order valence-electron chi connectivity index (χ2n) is 19.6. The van der Waals surface area contributed by atoms with Crippen molar-refractivity contribution in [2.75, 3.05) is 9.80 Å². The molecule has 260 valence electrons. The minimum atomic E-state index is 0.0326. The van der Waals surface area contributed by atoms with Crippen molar-refractivity contribution in [2.45, 2.75) is 112 Å². The molecule has 0 radical (unpaired) electrons. The summed E-state index contributed by atoms with van der Waals surface area (Å²) in [6.45, 7) is 28.1. The minimum absolute atomic E-state index is 0.0326. The number of benzene rings is 5. The van der Waals surface area contributed by atoms with Crippen LogP contribution in [0.25, 0.3) is 0 Å². The van der Waals surface area contributed by atoms with E-state index in [0.29, 0.717) is 0 Å². The van der Waals surface area contributed by atoms with Crippen molar-refractivity contribution < 1.29 is 0 Å². The molecule has 0 spiro atoms.